The molecule has 0 radical (unpaired) electrons. The maximum Gasteiger partial charge on any atom is 0.412 e. The van der Waals surface area contributed by atoms with Crippen LogP contribution in [-0.2, 0) is 17.8 Å². The fourth-order valence-corrected chi connectivity index (χ4v) is 5.35. The zero-order valence-corrected chi connectivity index (χ0v) is 24.3. The number of fused-ring (bicyclic) bond motifs is 1. The summed E-state index contributed by atoms with van der Waals surface area (Å²) in [6.07, 6.45) is -0.0192. The molecule has 3 aromatic rings. The minimum atomic E-state index is -0.793. The van der Waals surface area contributed by atoms with Gasteiger partial charge >= 0.3 is 6.09 Å². The second kappa shape index (κ2) is 13.9. The van der Waals surface area contributed by atoms with Crippen molar-refractivity contribution in [2.45, 2.75) is 58.8 Å². The molecule has 8 heteroatoms. The van der Waals surface area contributed by atoms with E-state index in [1.54, 1.807) is 35.2 Å². The van der Waals surface area contributed by atoms with E-state index >= 15 is 0 Å². The van der Waals surface area contributed by atoms with Gasteiger partial charge in [0.15, 0.2) is 0 Å². The van der Waals surface area contributed by atoms with Crippen LogP contribution >= 0.6 is 0 Å². The van der Waals surface area contributed by atoms with E-state index in [0.29, 0.717) is 56.0 Å². The molecule has 216 valence electrons. The van der Waals surface area contributed by atoms with Crippen LogP contribution in [0.3, 0.4) is 0 Å². The van der Waals surface area contributed by atoms with Crippen molar-refractivity contribution in [2.75, 3.05) is 19.6 Å². The lowest BCUT2D eigenvalue weighted by molar-refractivity contribution is -0.126. The van der Waals surface area contributed by atoms with Crippen molar-refractivity contribution in [2.24, 2.45) is 0 Å². The summed E-state index contributed by atoms with van der Waals surface area (Å²) in [7, 11) is 0. The zero-order valence-electron chi connectivity index (χ0n) is 24.3. The fourth-order valence-electron chi connectivity index (χ4n) is 5.35. The summed E-state index contributed by atoms with van der Waals surface area (Å²) < 4.78 is 5.54. The molecule has 0 saturated carbocycles. The van der Waals surface area contributed by atoms with E-state index in [-0.39, 0.29) is 11.8 Å². The predicted octanol–water partition coefficient (Wildman–Crippen LogP) is 4.95. The van der Waals surface area contributed by atoms with Crippen molar-refractivity contribution in [1.29, 1.82) is 0 Å². The molecule has 0 saturated heterocycles. The molecule has 0 aromatic heterocycles. The van der Waals surface area contributed by atoms with Gasteiger partial charge in [-0.2, -0.15) is 0 Å². The Morgan fingerprint density at radius 1 is 0.902 bits per heavy atom. The molecule has 3 amide bonds. The summed E-state index contributed by atoms with van der Waals surface area (Å²) in [5, 5.41) is 5.84. The smallest absolute Gasteiger partial charge is 0.410 e. The molecule has 0 fully saturated rings. The normalized spacial score (nSPS) is 14.6. The highest BCUT2D eigenvalue weighted by Crippen LogP contribution is 2.33. The highest BCUT2D eigenvalue weighted by molar-refractivity contribution is 5.98. The van der Waals surface area contributed by atoms with E-state index in [1.165, 1.54) is 0 Å². The molecule has 4 rings (SSSR count). The molecule has 1 unspecified atom stereocenters. The van der Waals surface area contributed by atoms with Crippen LogP contribution in [0.2, 0.25) is 0 Å². The Balaban J connectivity index is 1.51. The first-order valence-corrected chi connectivity index (χ1v) is 14.3. The van der Waals surface area contributed by atoms with Crippen LogP contribution in [-0.4, -0.2) is 59.4 Å². The molecule has 1 aliphatic rings. The third-order valence-electron chi connectivity index (χ3n) is 7.36. The number of nitrogens with zero attached hydrogens (tertiary/aromatic N) is 2. The SMILES string of the molecule is CC(C)N(CCNC(=O)C1c2ccc(OC(=O)NCc3ccccc3)cc2CCN1C(=O)c1ccccc1)C(C)C. The average Bonchev–Trinajstić information content (AvgIpc) is 2.97. The van der Waals surface area contributed by atoms with Crippen molar-refractivity contribution >= 4 is 17.9 Å². The highest BCUT2D eigenvalue weighted by atomic mass is 16.6. The second-order valence-electron chi connectivity index (χ2n) is 10.8. The summed E-state index contributed by atoms with van der Waals surface area (Å²) in [6, 6.07) is 23.8. The van der Waals surface area contributed by atoms with Gasteiger partial charge in [0, 0.05) is 43.8 Å². The number of hydrogen-bond donors (Lipinski definition) is 2. The standard InChI is InChI=1S/C33H40N4O4/c1-23(2)36(24(3)4)20-18-34-31(38)30-29-16-15-28(41-33(40)35-22-25-11-7-5-8-12-25)21-27(29)17-19-37(30)32(39)26-13-9-6-10-14-26/h5-16,21,23-24,30H,17-20,22H2,1-4H3,(H,34,38)(H,35,40). The number of hydrogen-bond acceptors (Lipinski definition) is 5. The van der Waals surface area contributed by atoms with Crippen molar-refractivity contribution in [1.82, 2.24) is 20.4 Å². The van der Waals surface area contributed by atoms with Gasteiger partial charge < -0.3 is 20.3 Å². The number of carbonyl (C=O) groups excluding carboxylic acids is 3. The fraction of sp³-hybridized carbons (Fsp3) is 0.364. The van der Waals surface area contributed by atoms with Crippen molar-refractivity contribution in [3.8, 4) is 5.75 Å². The zero-order chi connectivity index (χ0) is 29.4. The Morgan fingerprint density at radius 2 is 1.56 bits per heavy atom. The summed E-state index contributed by atoms with van der Waals surface area (Å²) in [4.78, 5) is 43.6. The third-order valence-corrected chi connectivity index (χ3v) is 7.36. The Labute approximate surface area is 242 Å². The quantitative estimate of drug-likeness (QED) is 0.369. The number of carbonyl (C=O) groups is 3. The van der Waals surface area contributed by atoms with Gasteiger partial charge in [-0.1, -0.05) is 54.6 Å². The van der Waals surface area contributed by atoms with Crippen LogP contribution in [0, 0.1) is 0 Å². The van der Waals surface area contributed by atoms with Gasteiger partial charge in [0.2, 0.25) is 5.91 Å². The molecular weight excluding hydrogens is 516 g/mol. The molecule has 41 heavy (non-hydrogen) atoms. The van der Waals surface area contributed by atoms with Gasteiger partial charge in [-0.3, -0.25) is 14.5 Å². The highest BCUT2D eigenvalue weighted by Gasteiger charge is 2.36. The molecule has 8 nitrogen and oxygen atoms in total. The summed E-state index contributed by atoms with van der Waals surface area (Å²) in [5.74, 6) is -0.0271. The summed E-state index contributed by atoms with van der Waals surface area (Å²) in [6.45, 7) is 10.5. The molecule has 2 N–H and O–H groups in total. The first-order chi connectivity index (χ1) is 19.7. The molecule has 1 heterocycles. The van der Waals surface area contributed by atoms with E-state index in [2.05, 4.69) is 43.2 Å². The van der Waals surface area contributed by atoms with Crippen molar-refractivity contribution in [3.63, 3.8) is 0 Å². The molecule has 0 aliphatic carbocycles. The molecule has 0 spiro atoms. The Morgan fingerprint density at radius 3 is 2.22 bits per heavy atom. The van der Waals surface area contributed by atoms with Gasteiger partial charge in [0.25, 0.3) is 5.91 Å². The lowest BCUT2D eigenvalue weighted by Gasteiger charge is -2.37. The Kier molecular flexibility index (Phi) is 10.1. The van der Waals surface area contributed by atoms with Crippen molar-refractivity contribution < 1.29 is 19.1 Å². The van der Waals surface area contributed by atoms with Crippen LogP contribution in [0.1, 0.15) is 60.8 Å². The van der Waals surface area contributed by atoms with Crippen LogP contribution in [0.25, 0.3) is 0 Å². The minimum absolute atomic E-state index is 0.192. The van der Waals surface area contributed by atoms with E-state index in [9.17, 15) is 14.4 Å². The van der Waals surface area contributed by atoms with Crippen molar-refractivity contribution in [3.05, 3.63) is 101 Å². The van der Waals surface area contributed by atoms with E-state index in [0.717, 1.165) is 16.7 Å². The van der Waals surface area contributed by atoms with Gasteiger partial charge in [-0.25, -0.2) is 4.79 Å². The molecule has 1 atom stereocenters. The lowest BCUT2D eigenvalue weighted by atomic mass is 9.91. The second-order valence-corrected chi connectivity index (χ2v) is 10.8. The number of ether oxygens (including phenoxy) is 1. The number of rotatable bonds is 10. The minimum Gasteiger partial charge on any atom is -0.410 e. The Hall–Kier alpha value is -4.17. The topological polar surface area (TPSA) is 91.0 Å². The Bertz CT molecular complexity index is 1320. The summed E-state index contributed by atoms with van der Waals surface area (Å²) in [5.41, 5.74) is 3.12. The van der Waals surface area contributed by atoms with E-state index in [4.69, 9.17) is 4.74 Å². The largest absolute Gasteiger partial charge is 0.412 e. The molecule has 1 aliphatic heterocycles. The first-order valence-electron chi connectivity index (χ1n) is 14.3. The predicted molar refractivity (Wildman–Crippen MR) is 160 cm³/mol. The summed E-state index contributed by atoms with van der Waals surface area (Å²) >= 11 is 0. The van der Waals surface area contributed by atoms with Crippen LogP contribution in [0.4, 0.5) is 4.79 Å². The van der Waals surface area contributed by atoms with Gasteiger partial charge in [0.1, 0.15) is 11.8 Å². The molecule has 3 aromatic carbocycles. The monoisotopic (exact) mass is 556 g/mol. The maximum atomic E-state index is 13.7. The number of amides is 3. The van der Waals surface area contributed by atoms with Gasteiger partial charge in [-0.05, 0) is 75.1 Å². The first kappa shape index (κ1) is 29.8. The number of nitrogens with one attached hydrogen (secondary N) is 2. The molecular formula is C33H40N4O4. The lowest BCUT2D eigenvalue weighted by Crippen LogP contribution is -2.49. The van der Waals surface area contributed by atoms with Crippen LogP contribution < -0.4 is 15.4 Å². The molecule has 0 bridgehead atoms. The van der Waals surface area contributed by atoms with Crippen LogP contribution in [0.5, 0.6) is 5.75 Å². The van der Waals surface area contributed by atoms with E-state index < -0.39 is 12.1 Å². The number of benzene rings is 3. The third kappa shape index (κ3) is 7.73. The van der Waals surface area contributed by atoms with Gasteiger partial charge in [-0.15, -0.1) is 0 Å². The maximum absolute atomic E-state index is 13.7. The average molecular weight is 557 g/mol. The van der Waals surface area contributed by atoms with Crippen LogP contribution in [0.15, 0.2) is 78.9 Å². The van der Waals surface area contributed by atoms with E-state index in [1.807, 2.05) is 48.5 Å². The van der Waals surface area contributed by atoms with Gasteiger partial charge in [0.05, 0.1) is 0 Å².